The summed E-state index contributed by atoms with van der Waals surface area (Å²) in [5.41, 5.74) is 17.5. The fraction of sp³-hybridized carbons (Fsp3) is 0.125. The fourth-order valence-corrected chi connectivity index (χ4v) is 11.1. The minimum Gasteiger partial charge on any atom is -0.258 e. The zero-order valence-electron chi connectivity index (χ0n) is 33.7. The third kappa shape index (κ3) is 6.00. The summed E-state index contributed by atoms with van der Waals surface area (Å²) in [4.78, 5) is 18.7. The second-order valence-corrected chi connectivity index (χ2v) is 17.4. The van der Waals surface area contributed by atoms with Crippen LogP contribution in [0.3, 0.4) is 0 Å². The maximum absolute atomic E-state index is 5.66. The first kappa shape index (κ1) is 36.5. The van der Waals surface area contributed by atoms with Crippen LogP contribution in [0.5, 0.6) is 0 Å². The van der Waals surface area contributed by atoms with E-state index < -0.39 is 5.41 Å². The van der Waals surface area contributed by atoms with Gasteiger partial charge in [0.25, 0.3) is 0 Å². The molecule has 0 radical (unpaired) electrons. The Balaban J connectivity index is 1.01. The van der Waals surface area contributed by atoms with Crippen LogP contribution in [-0.4, -0.2) is 16.5 Å². The van der Waals surface area contributed by atoms with Crippen molar-refractivity contribution in [2.75, 3.05) is 0 Å². The smallest absolute Gasteiger partial charge is 0.155 e. The van der Waals surface area contributed by atoms with Crippen molar-refractivity contribution in [1.82, 2.24) is 4.98 Å². The van der Waals surface area contributed by atoms with Gasteiger partial charge >= 0.3 is 0 Å². The topological polar surface area (TPSA) is 37.6 Å². The number of nitrogens with zero attached hydrogens (tertiary/aromatic N) is 3. The van der Waals surface area contributed by atoms with Gasteiger partial charge in [0.1, 0.15) is 0 Å². The lowest BCUT2D eigenvalue weighted by atomic mass is 9.67. The molecule has 60 heavy (non-hydrogen) atoms. The van der Waals surface area contributed by atoms with Crippen molar-refractivity contribution in [2.45, 2.75) is 47.9 Å². The van der Waals surface area contributed by atoms with Crippen LogP contribution in [0.25, 0.3) is 33.5 Å². The van der Waals surface area contributed by atoms with E-state index in [4.69, 9.17) is 15.0 Å². The van der Waals surface area contributed by atoms with Gasteiger partial charge in [0, 0.05) is 32.2 Å². The predicted molar refractivity (Wildman–Crippen MR) is 248 cm³/mol. The number of fused-ring (bicyclic) bond motifs is 9. The zero-order chi connectivity index (χ0) is 40.2. The van der Waals surface area contributed by atoms with Gasteiger partial charge in [-0.15, -0.1) is 0 Å². The highest BCUT2D eigenvalue weighted by Gasteiger charge is 2.50. The van der Waals surface area contributed by atoms with Crippen molar-refractivity contribution in [2.24, 2.45) is 15.9 Å². The molecule has 2 aliphatic heterocycles. The first-order valence-electron chi connectivity index (χ1n) is 21.0. The van der Waals surface area contributed by atoms with E-state index in [0.717, 1.165) is 63.6 Å². The van der Waals surface area contributed by atoms with E-state index in [2.05, 4.69) is 196 Å². The van der Waals surface area contributed by atoms with E-state index in [1.807, 2.05) is 17.8 Å². The number of pyridine rings is 1. The summed E-state index contributed by atoms with van der Waals surface area (Å²) < 4.78 is 0. The lowest BCUT2D eigenvalue weighted by molar-refractivity contribution is 0.446. The molecule has 1 spiro atoms. The van der Waals surface area contributed by atoms with Crippen LogP contribution in [0.15, 0.2) is 208 Å². The molecule has 7 aromatic carbocycles. The van der Waals surface area contributed by atoms with Gasteiger partial charge in [-0.25, -0.2) is 4.99 Å². The minimum absolute atomic E-state index is 0.0725. The highest BCUT2D eigenvalue weighted by atomic mass is 32.2. The largest absolute Gasteiger partial charge is 0.258 e. The van der Waals surface area contributed by atoms with Crippen molar-refractivity contribution in [3.8, 4) is 33.5 Å². The third-order valence-electron chi connectivity index (χ3n) is 12.8. The summed E-state index contributed by atoms with van der Waals surface area (Å²) in [7, 11) is 0. The zero-order valence-corrected chi connectivity index (χ0v) is 34.5. The summed E-state index contributed by atoms with van der Waals surface area (Å²) in [5, 5.41) is 0. The van der Waals surface area contributed by atoms with Crippen LogP contribution in [0.1, 0.15) is 70.4 Å². The van der Waals surface area contributed by atoms with Gasteiger partial charge in [-0.3, -0.25) is 9.98 Å². The number of hydrogen-bond acceptors (Lipinski definition) is 4. The average Bonchev–Trinajstić information content (AvgIpc) is 3.58. The Morgan fingerprint density at radius 1 is 0.517 bits per heavy atom. The molecule has 0 saturated heterocycles. The van der Waals surface area contributed by atoms with Crippen molar-refractivity contribution in [1.29, 1.82) is 0 Å². The van der Waals surface area contributed by atoms with Crippen molar-refractivity contribution >= 4 is 23.3 Å². The lowest BCUT2D eigenvalue weighted by Gasteiger charge is -2.40. The van der Waals surface area contributed by atoms with E-state index in [1.54, 1.807) is 0 Å². The van der Waals surface area contributed by atoms with Gasteiger partial charge in [-0.1, -0.05) is 189 Å². The molecule has 0 fully saturated rings. The lowest BCUT2D eigenvalue weighted by Crippen LogP contribution is -2.32. The molecule has 2 unspecified atom stereocenters. The minimum atomic E-state index is -0.423. The van der Waals surface area contributed by atoms with Crippen LogP contribution in [0.4, 0.5) is 0 Å². The summed E-state index contributed by atoms with van der Waals surface area (Å²) in [6.45, 7) is 4.47. The van der Waals surface area contributed by atoms with E-state index in [1.165, 1.54) is 48.7 Å². The maximum Gasteiger partial charge on any atom is 0.155 e. The summed E-state index contributed by atoms with van der Waals surface area (Å²) in [5.74, 6) is 1.05. The molecule has 1 aliphatic carbocycles. The van der Waals surface area contributed by atoms with Crippen LogP contribution in [0, 0.1) is 12.8 Å². The summed E-state index contributed by atoms with van der Waals surface area (Å²) in [6.07, 6.45) is 1.82. The number of aliphatic imine (C=N–C) groups is 2. The Morgan fingerprint density at radius 3 is 1.80 bits per heavy atom. The molecular weight excluding hydrogens is 747 g/mol. The molecule has 3 heterocycles. The second kappa shape index (κ2) is 14.9. The molecule has 0 amide bonds. The molecule has 8 aromatic rings. The number of benzene rings is 7. The molecule has 288 valence electrons. The van der Waals surface area contributed by atoms with Crippen molar-refractivity contribution in [3.63, 3.8) is 0 Å². The third-order valence-corrected chi connectivity index (χ3v) is 14.0. The number of amidine groups is 1. The molecule has 0 bridgehead atoms. The van der Waals surface area contributed by atoms with Crippen LogP contribution < -0.4 is 0 Å². The Labute approximate surface area is 356 Å². The average molecular weight is 790 g/mol. The quantitative estimate of drug-likeness (QED) is 0.174. The fourth-order valence-electron chi connectivity index (χ4n) is 9.87. The molecular formula is C56H43N3S. The van der Waals surface area contributed by atoms with E-state index >= 15 is 0 Å². The molecule has 2 atom stereocenters. The molecule has 4 heteroatoms. The Bertz CT molecular complexity index is 2940. The second-order valence-electron chi connectivity index (χ2n) is 16.3. The molecule has 11 rings (SSSR count). The highest BCUT2D eigenvalue weighted by Crippen LogP contribution is 2.62. The first-order chi connectivity index (χ1) is 29.6. The SMILES string of the molecule is Cc1nc(-c2ccccc2)ccc1-c1ccc(C2=NC(c3ccccc3)=NC(c3ccc4c(c3)C3(c5ccccc5Sc5ccccc53)c3ccccc3-4)C(C)CC2)cc1. The monoisotopic (exact) mass is 789 g/mol. The maximum atomic E-state index is 5.66. The van der Waals surface area contributed by atoms with Gasteiger partial charge in [0.15, 0.2) is 5.84 Å². The first-order valence-corrected chi connectivity index (χ1v) is 21.8. The van der Waals surface area contributed by atoms with Gasteiger partial charge < -0.3 is 0 Å². The van der Waals surface area contributed by atoms with Gasteiger partial charge in [0.2, 0.25) is 0 Å². The van der Waals surface area contributed by atoms with Gasteiger partial charge in [-0.05, 0) is 94.0 Å². The number of hydrogen-bond donors (Lipinski definition) is 0. The normalized spacial score (nSPS) is 17.3. The Kier molecular flexibility index (Phi) is 9.05. The number of aromatic nitrogens is 1. The number of aryl methyl sites for hydroxylation is 1. The summed E-state index contributed by atoms with van der Waals surface area (Å²) in [6, 6.07) is 68.3. The van der Waals surface area contributed by atoms with E-state index in [9.17, 15) is 0 Å². The van der Waals surface area contributed by atoms with Crippen LogP contribution >= 0.6 is 11.8 Å². The highest BCUT2D eigenvalue weighted by molar-refractivity contribution is 7.99. The standard InChI is InChI=1S/C56H43N3S/c1-36-25-33-51(40-28-26-38(27-29-40)43-32-34-50(57-37(43)2)39-15-5-3-6-16-39)58-55(41-17-7-4-8-18-41)59-54(36)42-30-31-45-44-19-9-10-20-46(44)56(49(45)35-42)47-21-11-13-23-52(47)60-53-24-14-12-22-48(53)56/h3-24,26-32,34-36,54H,25,33H2,1-2H3. The molecule has 3 aliphatic rings. The summed E-state index contributed by atoms with van der Waals surface area (Å²) >= 11 is 1.89. The van der Waals surface area contributed by atoms with Crippen molar-refractivity contribution < 1.29 is 0 Å². The number of rotatable bonds is 5. The predicted octanol–water partition coefficient (Wildman–Crippen LogP) is 14.0. The molecule has 0 N–H and O–H groups in total. The molecule has 3 nitrogen and oxygen atoms in total. The van der Waals surface area contributed by atoms with E-state index in [0.29, 0.717) is 0 Å². The Morgan fingerprint density at radius 2 is 1.10 bits per heavy atom. The van der Waals surface area contributed by atoms with Crippen molar-refractivity contribution in [3.05, 3.63) is 233 Å². The van der Waals surface area contributed by atoms with Gasteiger partial charge in [-0.2, -0.15) is 0 Å². The van der Waals surface area contributed by atoms with Crippen LogP contribution in [0.2, 0.25) is 0 Å². The molecule has 0 saturated carbocycles. The van der Waals surface area contributed by atoms with E-state index in [-0.39, 0.29) is 12.0 Å². The molecule has 1 aromatic heterocycles. The van der Waals surface area contributed by atoms with Gasteiger partial charge in [0.05, 0.1) is 22.9 Å². The van der Waals surface area contributed by atoms with Crippen LogP contribution in [-0.2, 0) is 5.41 Å². The Hall–Kier alpha value is -6.62.